The monoisotopic (exact) mass is 490 g/mol. The SMILES string of the molecule is COC(=O)c1ccc2c(c1O)C(=O)C1C(=O)[C@@]3(O)C(=O)C(C(N)=O)C(O)[C@H](N(C)C)C3[C@H](O)C1C2. The molecule has 35 heavy (non-hydrogen) atoms. The Kier molecular flexibility index (Phi) is 5.83. The summed E-state index contributed by atoms with van der Waals surface area (Å²) in [5.74, 6) is -13.0. The number of methoxy groups -OCH3 is 1. The highest BCUT2D eigenvalue weighted by atomic mass is 16.5. The number of hydrogen-bond donors (Lipinski definition) is 5. The van der Waals surface area contributed by atoms with Crippen LogP contribution in [0.3, 0.4) is 0 Å². The van der Waals surface area contributed by atoms with Gasteiger partial charge in [0.25, 0.3) is 0 Å². The molecule has 0 aliphatic heterocycles. The van der Waals surface area contributed by atoms with Crippen molar-refractivity contribution in [2.45, 2.75) is 30.3 Å². The zero-order chi connectivity index (χ0) is 26.1. The highest BCUT2D eigenvalue weighted by Gasteiger charge is 2.72. The van der Waals surface area contributed by atoms with Gasteiger partial charge in [0, 0.05) is 17.9 Å². The summed E-state index contributed by atoms with van der Waals surface area (Å²) in [5.41, 5.74) is 1.88. The van der Waals surface area contributed by atoms with Gasteiger partial charge in [-0.05, 0) is 32.1 Å². The number of benzene rings is 1. The minimum absolute atomic E-state index is 0.107. The van der Waals surface area contributed by atoms with Gasteiger partial charge in [0.15, 0.2) is 23.0 Å². The van der Waals surface area contributed by atoms with E-state index in [1.807, 2.05) is 0 Å². The minimum Gasteiger partial charge on any atom is -0.506 e. The van der Waals surface area contributed by atoms with E-state index < -0.39 is 82.5 Å². The average Bonchev–Trinajstić information content (AvgIpc) is 2.78. The molecule has 3 aliphatic rings. The molecule has 6 N–H and O–H groups in total. The van der Waals surface area contributed by atoms with E-state index >= 15 is 0 Å². The summed E-state index contributed by atoms with van der Waals surface area (Å²) in [4.78, 5) is 65.8. The number of phenols is 1. The standard InChI is InChI=1S/C23H26N2O10/c1-25(2)14-13-16(27)9-6-7-4-5-8(22(33)35-3)15(26)10(7)17(28)11(9)19(30)23(13,34)20(31)12(18(14)29)21(24)32/h4-5,9,11-14,16,18,26-27,29,34H,6H2,1-3H3,(H2,24,32)/t9?,11?,12?,13?,14-,16-,18?,23-/m1/s1. The van der Waals surface area contributed by atoms with Crippen molar-refractivity contribution in [3.8, 4) is 5.75 Å². The molecule has 0 radical (unpaired) electrons. The van der Waals surface area contributed by atoms with Crippen LogP contribution in [0.25, 0.3) is 0 Å². The third-order valence-corrected chi connectivity index (χ3v) is 7.65. The molecule has 1 aromatic carbocycles. The number of phenolic OH excluding ortho intramolecular Hbond substituents is 1. The molecule has 0 heterocycles. The topological polar surface area (TPSA) is 205 Å². The van der Waals surface area contributed by atoms with Crippen molar-refractivity contribution in [2.75, 3.05) is 21.2 Å². The summed E-state index contributed by atoms with van der Waals surface area (Å²) in [7, 11) is 4.02. The van der Waals surface area contributed by atoms with Crippen molar-refractivity contribution >= 4 is 29.2 Å². The number of esters is 1. The van der Waals surface area contributed by atoms with Crippen LogP contribution in [0.15, 0.2) is 12.1 Å². The lowest BCUT2D eigenvalue weighted by atomic mass is 9.51. The summed E-state index contributed by atoms with van der Waals surface area (Å²) in [6.45, 7) is 0. The number of aromatic hydroxyl groups is 1. The smallest absolute Gasteiger partial charge is 0.341 e. The molecule has 2 fully saturated rings. The average molecular weight is 490 g/mol. The Balaban J connectivity index is 1.90. The Morgan fingerprint density at radius 3 is 2.29 bits per heavy atom. The van der Waals surface area contributed by atoms with Crippen molar-refractivity contribution in [3.05, 3.63) is 28.8 Å². The van der Waals surface area contributed by atoms with Crippen LogP contribution in [0.5, 0.6) is 5.75 Å². The van der Waals surface area contributed by atoms with Gasteiger partial charge in [-0.25, -0.2) is 4.79 Å². The fourth-order valence-electron chi connectivity index (χ4n) is 6.08. The molecule has 2 saturated carbocycles. The molecule has 1 aromatic rings. The Morgan fingerprint density at radius 1 is 1.11 bits per heavy atom. The van der Waals surface area contributed by atoms with Gasteiger partial charge >= 0.3 is 5.97 Å². The number of rotatable bonds is 3. The van der Waals surface area contributed by atoms with Crippen LogP contribution in [0.2, 0.25) is 0 Å². The molecule has 0 aromatic heterocycles. The molecule has 5 unspecified atom stereocenters. The van der Waals surface area contributed by atoms with Crippen molar-refractivity contribution in [1.82, 2.24) is 4.90 Å². The maximum atomic E-state index is 13.7. The van der Waals surface area contributed by atoms with E-state index in [9.17, 15) is 44.4 Å². The highest BCUT2D eigenvalue weighted by molar-refractivity contribution is 6.26. The molecule has 12 nitrogen and oxygen atoms in total. The third-order valence-electron chi connectivity index (χ3n) is 7.65. The van der Waals surface area contributed by atoms with E-state index in [4.69, 9.17) is 5.73 Å². The molecular weight excluding hydrogens is 464 g/mol. The molecule has 3 aliphatic carbocycles. The van der Waals surface area contributed by atoms with Crippen molar-refractivity contribution < 1.29 is 49.1 Å². The lowest BCUT2D eigenvalue weighted by molar-refractivity contribution is -0.207. The first-order chi connectivity index (χ1) is 16.3. The molecule has 8 atom stereocenters. The van der Waals surface area contributed by atoms with E-state index in [-0.39, 0.29) is 23.1 Å². The fraction of sp³-hybridized carbons (Fsp3) is 0.522. The quantitative estimate of drug-likeness (QED) is 0.220. The van der Waals surface area contributed by atoms with Gasteiger partial charge in [-0.1, -0.05) is 6.07 Å². The van der Waals surface area contributed by atoms with Crippen molar-refractivity contribution in [1.29, 1.82) is 0 Å². The number of carbonyl (C=O) groups excluding carboxylic acids is 5. The molecule has 188 valence electrons. The Labute approximate surface area is 199 Å². The van der Waals surface area contributed by atoms with Crippen LogP contribution in [-0.2, 0) is 25.5 Å². The molecule has 1 amide bonds. The Morgan fingerprint density at radius 2 is 1.74 bits per heavy atom. The Hall–Kier alpha value is -3.19. The van der Waals surface area contributed by atoms with E-state index in [0.29, 0.717) is 0 Å². The van der Waals surface area contributed by atoms with E-state index in [1.165, 1.54) is 31.1 Å². The summed E-state index contributed by atoms with van der Waals surface area (Å²) in [5, 5.41) is 44.3. The van der Waals surface area contributed by atoms with E-state index in [0.717, 1.165) is 7.11 Å². The molecule has 4 rings (SSSR count). The van der Waals surface area contributed by atoms with Gasteiger partial charge in [-0.2, -0.15) is 0 Å². The number of ketones is 3. The number of Topliss-reactive ketones (excluding diaryl/α,β-unsaturated/α-hetero) is 3. The second-order valence-corrected chi connectivity index (χ2v) is 9.53. The molecule has 0 bridgehead atoms. The largest absolute Gasteiger partial charge is 0.506 e. The number of amides is 1. The number of carbonyl (C=O) groups is 5. The number of hydrogen-bond acceptors (Lipinski definition) is 11. The number of fused-ring (bicyclic) bond motifs is 3. The number of ether oxygens (including phenoxy) is 1. The van der Waals surface area contributed by atoms with Crippen LogP contribution < -0.4 is 5.73 Å². The third kappa shape index (κ3) is 3.17. The van der Waals surface area contributed by atoms with Crippen molar-refractivity contribution in [2.24, 2.45) is 29.4 Å². The predicted molar refractivity (Wildman–Crippen MR) is 115 cm³/mol. The zero-order valence-corrected chi connectivity index (χ0v) is 19.2. The van der Waals surface area contributed by atoms with Crippen LogP contribution in [0, 0.1) is 23.7 Å². The maximum Gasteiger partial charge on any atom is 0.341 e. The fourth-order valence-corrected chi connectivity index (χ4v) is 6.08. The summed E-state index contributed by atoms with van der Waals surface area (Å²) in [6.07, 6.45) is -3.47. The maximum absolute atomic E-state index is 13.7. The van der Waals surface area contributed by atoms with Gasteiger partial charge < -0.3 is 35.8 Å². The van der Waals surface area contributed by atoms with Crippen LogP contribution in [0.1, 0.15) is 26.3 Å². The number of nitrogens with two attached hydrogens (primary N) is 1. The van der Waals surface area contributed by atoms with Gasteiger partial charge in [-0.3, -0.25) is 19.2 Å². The summed E-state index contributed by atoms with van der Waals surface area (Å²) in [6, 6.07) is 1.40. The minimum atomic E-state index is -3.00. The van der Waals surface area contributed by atoms with Gasteiger partial charge in [0.05, 0.1) is 30.8 Å². The van der Waals surface area contributed by atoms with Gasteiger partial charge in [0.2, 0.25) is 5.91 Å². The second kappa shape index (κ2) is 8.19. The molecular formula is C23H26N2O10. The zero-order valence-electron chi connectivity index (χ0n) is 19.2. The van der Waals surface area contributed by atoms with Crippen LogP contribution >= 0.6 is 0 Å². The van der Waals surface area contributed by atoms with E-state index in [1.54, 1.807) is 0 Å². The van der Waals surface area contributed by atoms with Crippen LogP contribution in [0.4, 0.5) is 0 Å². The normalized spacial score (nSPS) is 36.3. The Bertz CT molecular complexity index is 1160. The number of nitrogens with zero attached hydrogens (tertiary/aromatic N) is 1. The lowest BCUT2D eigenvalue weighted by Crippen LogP contribution is -2.78. The van der Waals surface area contributed by atoms with Crippen molar-refractivity contribution in [3.63, 3.8) is 0 Å². The first-order valence-corrected chi connectivity index (χ1v) is 10.9. The first-order valence-electron chi connectivity index (χ1n) is 10.9. The highest BCUT2D eigenvalue weighted by Crippen LogP contribution is 2.51. The van der Waals surface area contributed by atoms with E-state index in [2.05, 4.69) is 4.74 Å². The molecule has 0 saturated heterocycles. The summed E-state index contributed by atoms with van der Waals surface area (Å²) >= 11 is 0. The van der Waals surface area contributed by atoms with Crippen LogP contribution in [-0.4, -0.2) is 99.6 Å². The number of likely N-dealkylation sites (N-methyl/N-ethyl adjacent to an activating group) is 1. The van der Waals surface area contributed by atoms with Gasteiger partial charge in [0.1, 0.15) is 17.2 Å². The predicted octanol–water partition coefficient (Wildman–Crippen LogP) is -2.58. The molecule has 0 spiro atoms. The number of aliphatic hydroxyl groups excluding tert-OH is 2. The van der Waals surface area contributed by atoms with Gasteiger partial charge in [-0.15, -0.1) is 0 Å². The molecule has 12 heteroatoms. The lowest BCUT2D eigenvalue weighted by Gasteiger charge is -2.56. The first kappa shape index (κ1) is 24.9. The number of primary amides is 1. The summed E-state index contributed by atoms with van der Waals surface area (Å²) < 4.78 is 4.59. The second-order valence-electron chi connectivity index (χ2n) is 9.53. The number of aliphatic hydroxyl groups is 3.